The summed E-state index contributed by atoms with van der Waals surface area (Å²) in [6.45, 7) is 3.13. The second-order valence-corrected chi connectivity index (χ2v) is 4.76. The Morgan fingerprint density at radius 1 is 1.24 bits per heavy atom. The van der Waals surface area contributed by atoms with Crippen molar-refractivity contribution in [3.05, 3.63) is 17.7 Å². The number of nitrogens with two attached hydrogens (primary N) is 1. The number of carbonyl (C=O) groups excluding carboxylic acids is 2. The first kappa shape index (κ1) is 18.4. The van der Waals surface area contributed by atoms with Gasteiger partial charge in [0.15, 0.2) is 0 Å². The van der Waals surface area contributed by atoms with E-state index < -0.39 is 23.9 Å². The molecule has 0 atom stereocenters. The second-order valence-electron chi connectivity index (χ2n) is 4.76. The number of carbonyl (C=O) groups is 2. The molecule has 0 fully saturated rings. The lowest BCUT2D eigenvalue weighted by Crippen LogP contribution is -2.17. The van der Waals surface area contributed by atoms with Gasteiger partial charge < -0.3 is 15.2 Å². The highest BCUT2D eigenvalue weighted by atomic mass is 19.4. The van der Waals surface area contributed by atoms with E-state index >= 15 is 0 Å². The van der Waals surface area contributed by atoms with Gasteiger partial charge in [0.2, 0.25) is 0 Å². The van der Waals surface area contributed by atoms with Crippen molar-refractivity contribution in [1.82, 2.24) is 9.78 Å². The number of benzene rings is 1. The van der Waals surface area contributed by atoms with Crippen LogP contribution in [-0.4, -0.2) is 35.2 Å². The van der Waals surface area contributed by atoms with Crippen molar-refractivity contribution in [2.24, 2.45) is 0 Å². The lowest BCUT2D eigenvalue weighted by atomic mass is 10.1. The van der Waals surface area contributed by atoms with Gasteiger partial charge in [-0.2, -0.15) is 18.3 Å². The minimum Gasteiger partial charge on any atom is -0.450 e. The zero-order valence-corrected chi connectivity index (χ0v) is 13.3. The summed E-state index contributed by atoms with van der Waals surface area (Å²) in [7, 11) is 0. The van der Waals surface area contributed by atoms with Crippen molar-refractivity contribution in [3.63, 3.8) is 0 Å². The van der Waals surface area contributed by atoms with Crippen molar-refractivity contribution >= 4 is 34.6 Å². The van der Waals surface area contributed by atoms with E-state index in [0.717, 1.165) is 6.07 Å². The summed E-state index contributed by atoms with van der Waals surface area (Å²) in [5, 5.41) is 5.85. The molecule has 11 heteroatoms. The van der Waals surface area contributed by atoms with Crippen LogP contribution in [0.4, 0.5) is 34.3 Å². The standard InChI is InChI=1S/C14H15F3N4O4/c1-3-24-12(22)19-9-6-7(14(15,16)17)5-8-10(9)20-21(11(8)18)13(23)25-4-2/h5-6H,3-4,18H2,1-2H3,(H,19,22). The van der Waals surface area contributed by atoms with Gasteiger partial charge in [-0.1, -0.05) is 0 Å². The Morgan fingerprint density at radius 3 is 2.44 bits per heavy atom. The van der Waals surface area contributed by atoms with Crippen molar-refractivity contribution in [3.8, 4) is 0 Å². The van der Waals surface area contributed by atoms with Crippen molar-refractivity contribution in [1.29, 1.82) is 0 Å². The molecule has 1 amide bonds. The summed E-state index contributed by atoms with van der Waals surface area (Å²) >= 11 is 0. The molecule has 0 saturated carbocycles. The third kappa shape index (κ3) is 3.75. The molecule has 1 aromatic heterocycles. The van der Waals surface area contributed by atoms with Crippen LogP contribution in [0.25, 0.3) is 10.9 Å². The highest BCUT2D eigenvalue weighted by molar-refractivity contribution is 6.04. The molecule has 0 spiro atoms. The number of nitrogen functional groups attached to an aromatic ring is 1. The van der Waals surface area contributed by atoms with E-state index in [1.807, 2.05) is 0 Å². The number of nitrogens with zero attached hydrogens (tertiary/aromatic N) is 2. The molecule has 0 bridgehead atoms. The van der Waals surface area contributed by atoms with E-state index in [-0.39, 0.29) is 35.6 Å². The molecule has 0 aliphatic heterocycles. The van der Waals surface area contributed by atoms with Gasteiger partial charge >= 0.3 is 18.4 Å². The average Bonchev–Trinajstić information content (AvgIpc) is 2.84. The molecule has 8 nitrogen and oxygen atoms in total. The fourth-order valence-corrected chi connectivity index (χ4v) is 2.07. The van der Waals surface area contributed by atoms with E-state index in [1.54, 1.807) is 6.92 Å². The average molecular weight is 360 g/mol. The molecule has 0 aliphatic rings. The SMILES string of the molecule is CCOC(=O)Nc1cc(C(F)(F)F)cc2c(N)n(C(=O)OCC)nc12. The number of alkyl halides is 3. The maximum absolute atomic E-state index is 13.1. The van der Waals surface area contributed by atoms with Gasteiger partial charge in [0.05, 0.1) is 24.5 Å². The van der Waals surface area contributed by atoms with E-state index in [9.17, 15) is 22.8 Å². The molecule has 25 heavy (non-hydrogen) atoms. The van der Waals surface area contributed by atoms with Crippen LogP contribution in [0.3, 0.4) is 0 Å². The first-order valence-corrected chi connectivity index (χ1v) is 7.19. The van der Waals surface area contributed by atoms with Gasteiger partial charge in [0.25, 0.3) is 0 Å². The predicted octanol–water partition coefficient (Wildman–Crippen LogP) is 3.21. The number of amides is 1. The molecule has 0 aliphatic carbocycles. The van der Waals surface area contributed by atoms with E-state index in [0.29, 0.717) is 10.7 Å². The zero-order valence-electron chi connectivity index (χ0n) is 13.3. The van der Waals surface area contributed by atoms with E-state index in [1.165, 1.54) is 6.92 Å². The number of ether oxygens (including phenoxy) is 2. The Balaban J connectivity index is 2.65. The van der Waals surface area contributed by atoms with E-state index in [4.69, 9.17) is 10.5 Å². The number of rotatable bonds is 3. The minimum atomic E-state index is -4.70. The molecule has 0 saturated heterocycles. The van der Waals surface area contributed by atoms with Crippen LogP contribution < -0.4 is 11.1 Å². The maximum Gasteiger partial charge on any atom is 0.436 e. The number of nitrogens with one attached hydrogen (secondary N) is 1. The molecule has 3 N–H and O–H groups in total. The Labute approximate surface area is 139 Å². The van der Waals surface area contributed by atoms with Crippen molar-refractivity contribution in [2.45, 2.75) is 20.0 Å². The number of aromatic nitrogens is 2. The number of hydrogen-bond donors (Lipinski definition) is 2. The van der Waals surface area contributed by atoms with Gasteiger partial charge in [-0.05, 0) is 26.0 Å². The third-order valence-electron chi connectivity index (χ3n) is 3.09. The van der Waals surface area contributed by atoms with Gasteiger partial charge in [-0.15, -0.1) is 4.68 Å². The summed E-state index contributed by atoms with van der Waals surface area (Å²) in [4.78, 5) is 23.4. The molecule has 136 valence electrons. The van der Waals surface area contributed by atoms with Gasteiger partial charge in [0, 0.05) is 5.39 Å². The number of fused-ring (bicyclic) bond motifs is 1. The topological polar surface area (TPSA) is 108 Å². The molecule has 1 aromatic carbocycles. The summed E-state index contributed by atoms with van der Waals surface area (Å²) in [6.07, 6.45) is -6.61. The molecule has 2 aromatic rings. The fraction of sp³-hybridized carbons (Fsp3) is 0.357. The van der Waals surface area contributed by atoms with Crippen LogP contribution >= 0.6 is 0 Å². The normalized spacial score (nSPS) is 11.4. The highest BCUT2D eigenvalue weighted by Crippen LogP contribution is 2.37. The largest absolute Gasteiger partial charge is 0.450 e. The first-order chi connectivity index (χ1) is 11.7. The van der Waals surface area contributed by atoms with Crippen LogP contribution in [0, 0.1) is 0 Å². The Morgan fingerprint density at radius 2 is 1.88 bits per heavy atom. The predicted molar refractivity (Wildman–Crippen MR) is 82.2 cm³/mol. The van der Waals surface area contributed by atoms with Crippen LogP contribution in [0.15, 0.2) is 12.1 Å². The lowest BCUT2D eigenvalue weighted by Gasteiger charge is -2.11. The molecule has 0 unspecified atom stereocenters. The maximum atomic E-state index is 13.1. The quantitative estimate of drug-likeness (QED) is 0.870. The van der Waals surface area contributed by atoms with Crippen molar-refractivity contribution in [2.75, 3.05) is 24.3 Å². The number of anilines is 2. The second kappa shape index (κ2) is 6.87. The summed E-state index contributed by atoms with van der Waals surface area (Å²) in [5.74, 6) is -0.341. The summed E-state index contributed by atoms with van der Waals surface area (Å²) in [5.41, 5.74) is 4.26. The Kier molecular flexibility index (Phi) is 5.04. The van der Waals surface area contributed by atoms with Crippen LogP contribution in [-0.2, 0) is 15.7 Å². The molecular weight excluding hydrogens is 345 g/mol. The Bertz CT molecular complexity index is 816. The van der Waals surface area contributed by atoms with E-state index in [2.05, 4.69) is 15.2 Å². The number of hydrogen-bond acceptors (Lipinski definition) is 6. The lowest BCUT2D eigenvalue weighted by molar-refractivity contribution is -0.137. The van der Waals surface area contributed by atoms with Crippen LogP contribution in [0.5, 0.6) is 0 Å². The van der Waals surface area contributed by atoms with Gasteiger partial charge in [-0.3, -0.25) is 5.32 Å². The molecule has 2 rings (SSSR count). The smallest absolute Gasteiger partial charge is 0.436 e. The first-order valence-electron chi connectivity index (χ1n) is 7.19. The summed E-state index contributed by atoms with van der Waals surface area (Å²) in [6, 6.07) is 1.42. The van der Waals surface area contributed by atoms with Crippen molar-refractivity contribution < 1.29 is 32.2 Å². The zero-order chi connectivity index (χ0) is 18.8. The monoisotopic (exact) mass is 360 g/mol. The molecular formula is C14H15F3N4O4. The number of halogens is 3. The molecule has 1 heterocycles. The fourth-order valence-electron chi connectivity index (χ4n) is 2.07. The minimum absolute atomic E-state index is 0.0212. The summed E-state index contributed by atoms with van der Waals surface area (Å²) < 4.78 is 49.3. The van der Waals surface area contributed by atoms with Gasteiger partial charge in [-0.25, -0.2) is 9.59 Å². The third-order valence-corrected chi connectivity index (χ3v) is 3.09. The highest BCUT2D eigenvalue weighted by Gasteiger charge is 2.33. The Hall–Kier alpha value is -2.98. The molecule has 0 radical (unpaired) electrons. The van der Waals surface area contributed by atoms with Crippen LogP contribution in [0.1, 0.15) is 19.4 Å². The van der Waals surface area contributed by atoms with Crippen LogP contribution in [0.2, 0.25) is 0 Å². The van der Waals surface area contributed by atoms with Gasteiger partial charge in [0.1, 0.15) is 11.3 Å².